The summed E-state index contributed by atoms with van der Waals surface area (Å²) < 4.78 is 0. The third-order valence-electron chi connectivity index (χ3n) is 3.12. The number of carbonyl (C=O) groups excluding carboxylic acids is 1. The number of likely N-dealkylation sites (tertiary alicyclic amines) is 1. The smallest absolute Gasteiger partial charge is 0.329 e. The Morgan fingerprint density at radius 3 is 2.62 bits per heavy atom. The molecule has 0 aliphatic carbocycles. The molecule has 2 amide bonds. The van der Waals surface area contributed by atoms with E-state index in [9.17, 15) is 14.7 Å². The van der Waals surface area contributed by atoms with Crippen molar-refractivity contribution in [3.05, 3.63) is 0 Å². The van der Waals surface area contributed by atoms with E-state index in [0.29, 0.717) is 25.9 Å². The summed E-state index contributed by atoms with van der Waals surface area (Å²) in [5.74, 6) is -0.877. The largest absolute Gasteiger partial charge is 0.479 e. The zero-order chi connectivity index (χ0) is 12.2. The van der Waals surface area contributed by atoms with Gasteiger partial charge in [-0.3, -0.25) is 0 Å². The zero-order valence-electron chi connectivity index (χ0n) is 9.95. The van der Waals surface area contributed by atoms with E-state index in [2.05, 4.69) is 5.32 Å². The normalized spacial score (nSPS) is 24.5. The Labute approximate surface area is 95.8 Å². The van der Waals surface area contributed by atoms with Gasteiger partial charge in [-0.1, -0.05) is 13.3 Å². The van der Waals surface area contributed by atoms with Gasteiger partial charge in [-0.25, -0.2) is 9.59 Å². The van der Waals surface area contributed by atoms with Crippen LogP contribution < -0.4 is 5.32 Å². The first-order valence-electron chi connectivity index (χ1n) is 5.87. The predicted molar refractivity (Wildman–Crippen MR) is 60.3 cm³/mol. The van der Waals surface area contributed by atoms with Gasteiger partial charge in [0.1, 0.15) is 5.54 Å². The summed E-state index contributed by atoms with van der Waals surface area (Å²) in [6.07, 6.45) is 2.62. The van der Waals surface area contributed by atoms with Crippen molar-refractivity contribution in [2.75, 3.05) is 13.1 Å². The second-order valence-corrected chi connectivity index (χ2v) is 4.18. The molecule has 1 unspecified atom stereocenters. The van der Waals surface area contributed by atoms with Crippen molar-refractivity contribution in [3.8, 4) is 0 Å². The van der Waals surface area contributed by atoms with E-state index in [4.69, 9.17) is 0 Å². The lowest BCUT2D eigenvalue weighted by atomic mass is 9.91. The molecule has 1 rings (SSSR count). The van der Waals surface area contributed by atoms with E-state index in [-0.39, 0.29) is 6.03 Å². The summed E-state index contributed by atoms with van der Waals surface area (Å²) >= 11 is 0. The quantitative estimate of drug-likeness (QED) is 0.764. The number of hydrogen-bond donors (Lipinski definition) is 2. The molecule has 1 fully saturated rings. The van der Waals surface area contributed by atoms with Gasteiger partial charge in [0.05, 0.1) is 0 Å². The van der Waals surface area contributed by atoms with E-state index in [0.717, 1.165) is 12.8 Å². The van der Waals surface area contributed by atoms with Gasteiger partial charge < -0.3 is 15.3 Å². The van der Waals surface area contributed by atoms with Crippen LogP contribution in [-0.4, -0.2) is 40.6 Å². The van der Waals surface area contributed by atoms with Crippen LogP contribution >= 0.6 is 0 Å². The Balaban J connectivity index is 2.89. The van der Waals surface area contributed by atoms with Crippen molar-refractivity contribution in [1.29, 1.82) is 0 Å². The molecule has 1 atom stereocenters. The molecule has 5 heteroatoms. The molecule has 5 nitrogen and oxygen atoms in total. The molecule has 0 radical (unpaired) electrons. The number of nitrogens with one attached hydrogen (secondary N) is 1. The monoisotopic (exact) mass is 228 g/mol. The molecule has 16 heavy (non-hydrogen) atoms. The maximum Gasteiger partial charge on any atom is 0.329 e. The number of hydrogen-bond acceptors (Lipinski definition) is 2. The number of carboxylic acids is 1. The number of urea groups is 1. The summed E-state index contributed by atoms with van der Waals surface area (Å²) in [7, 11) is 0. The molecule has 0 aromatic rings. The highest BCUT2D eigenvalue weighted by molar-refractivity contribution is 5.87. The molecule has 1 heterocycles. The van der Waals surface area contributed by atoms with Crippen LogP contribution in [0, 0.1) is 0 Å². The maximum atomic E-state index is 11.8. The molecular formula is C11H20N2O3. The lowest BCUT2D eigenvalue weighted by Gasteiger charge is -2.34. The summed E-state index contributed by atoms with van der Waals surface area (Å²) in [4.78, 5) is 24.7. The molecule has 0 aromatic carbocycles. The van der Waals surface area contributed by atoms with E-state index in [1.807, 2.05) is 13.8 Å². The van der Waals surface area contributed by atoms with Gasteiger partial charge in [0.25, 0.3) is 0 Å². The van der Waals surface area contributed by atoms with Gasteiger partial charge in [-0.05, 0) is 26.2 Å². The SMILES string of the molecule is CCCC1(C(=O)O)CCCN1C(=O)NCC. The molecule has 1 saturated heterocycles. The number of rotatable bonds is 4. The van der Waals surface area contributed by atoms with Crippen molar-refractivity contribution in [1.82, 2.24) is 10.2 Å². The maximum absolute atomic E-state index is 11.8. The van der Waals surface area contributed by atoms with Crippen LogP contribution in [0.1, 0.15) is 39.5 Å². The van der Waals surface area contributed by atoms with Crippen LogP contribution in [0.4, 0.5) is 4.79 Å². The minimum atomic E-state index is -0.978. The molecule has 92 valence electrons. The highest BCUT2D eigenvalue weighted by atomic mass is 16.4. The fraction of sp³-hybridized carbons (Fsp3) is 0.818. The third-order valence-corrected chi connectivity index (χ3v) is 3.12. The summed E-state index contributed by atoms with van der Waals surface area (Å²) in [5, 5.41) is 12.0. The van der Waals surface area contributed by atoms with Gasteiger partial charge in [0, 0.05) is 13.1 Å². The summed E-state index contributed by atoms with van der Waals surface area (Å²) in [6.45, 7) is 4.84. The van der Waals surface area contributed by atoms with Crippen molar-refractivity contribution in [2.45, 2.75) is 45.1 Å². The van der Waals surface area contributed by atoms with Crippen molar-refractivity contribution in [2.24, 2.45) is 0 Å². The Morgan fingerprint density at radius 2 is 2.12 bits per heavy atom. The first-order chi connectivity index (χ1) is 7.58. The van der Waals surface area contributed by atoms with Gasteiger partial charge >= 0.3 is 12.0 Å². The van der Waals surface area contributed by atoms with Gasteiger partial charge in [0.15, 0.2) is 0 Å². The van der Waals surface area contributed by atoms with Crippen molar-refractivity contribution < 1.29 is 14.7 Å². The van der Waals surface area contributed by atoms with E-state index < -0.39 is 11.5 Å². The second kappa shape index (κ2) is 5.18. The first-order valence-corrected chi connectivity index (χ1v) is 5.87. The fourth-order valence-corrected chi connectivity index (χ4v) is 2.42. The molecule has 0 saturated carbocycles. The molecule has 0 bridgehead atoms. The Hall–Kier alpha value is -1.26. The molecule has 1 aliphatic rings. The van der Waals surface area contributed by atoms with E-state index in [1.165, 1.54) is 4.90 Å². The van der Waals surface area contributed by atoms with Crippen LogP contribution in [0.25, 0.3) is 0 Å². The number of aliphatic carboxylic acids is 1. The standard InChI is InChI=1S/C11H20N2O3/c1-3-6-11(9(14)15)7-5-8-13(11)10(16)12-4-2/h3-8H2,1-2H3,(H,12,16)(H,14,15). The molecule has 0 spiro atoms. The fourth-order valence-electron chi connectivity index (χ4n) is 2.42. The lowest BCUT2D eigenvalue weighted by molar-refractivity contribution is -0.148. The zero-order valence-corrected chi connectivity index (χ0v) is 9.95. The number of nitrogens with zero attached hydrogens (tertiary/aromatic N) is 1. The van der Waals surface area contributed by atoms with Gasteiger partial charge in [-0.15, -0.1) is 0 Å². The second-order valence-electron chi connectivity index (χ2n) is 4.18. The van der Waals surface area contributed by atoms with Gasteiger partial charge in [0.2, 0.25) is 0 Å². The van der Waals surface area contributed by atoms with Crippen LogP contribution in [0.2, 0.25) is 0 Å². The lowest BCUT2D eigenvalue weighted by Crippen LogP contribution is -2.55. The van der Waals surface area contributed by atoms with Gasteiger partial charge in [-0.2, -0.15) is 0 Å². The highest BCUT2D eigenvalue weighted by Gasteiger charge is 2.49. The molecule has 2 N–H and O–H groups in total. The van der Waals surface area contributed by atoms with E-state index >= 15 is 0 Å². The Bertz CT molecular complexity index is 280. The third kappa shape index (κ3) is 2.13. The van der Waals surface area contributed by atoms with Crippen LogP contribution in [0.15, 0.2) is 0 Å². The highest BCUT2D eigenvalue weighted by Crippen LogP contribution is 2.33. The van der Waals surface area contributed by atoms with Crippen LogP contribution in [-0.2, 0) is 4.79 Å². The molecule has 1 aliphatic heterocycles. The van der Waals surface area contributed by atoms with Crippen molar-refractivity contribution >= 4 is 12.0 Å². The Morgan fingerprint density at radius 1 is 1.44 bits per heavy atom. The first kappa shape index (κ1) is 12.8. The summed E-state index contributed by atoms with van der Waals surface area (Å²) in [6, 6.07) is -0.254. The molecular weight excluding hydrogens is 208 g/mol. The topological polar surface area (TPSA) is 69.6 Å². The predicted octanol–water partition coefficient (Wildman–Crippen LogP) is 1.44. The minimum Gasteiger partial charge on any atom is -0.479 e. The Kier molecular flexibility index (Phi) is 4.15. The number of carbonyl (C=O) groups is 2. The molecule has 0 aromatic heterocycles. The average molecular weight is 228 g/mol. The average Bonchev–Trinajstić information content (AvgIpc) is 2.64. The van der Waals surface area contributed by atoms with Crippen LogP contribution in [0.3, 0.4) is 0 Å². The number of amides is 2. The van der Waals surface area contributed by atoms with E-state index in [1.54, 1.807) is 0 Å². The minimum absolute atomic E-state index is 0.254. The summed E-state index contributed by atoms with van der Waals surface area (Å²) in [5.41, 5.74) is -0.978. The van der Waals surface area contributed by atoms with Crippen LogP contribution in [0.5, 0.6) is 0 Å². The number of carboxylic acid groups (broad SMARTS) is 1. The van der Waals surface area contributed by atoms with Crippen molar-refractivity contribution in [3.63, 3.8) is 0 Å².